The van der Waals surface area contributed by atoms with Gasteiger partial charge in [-0.25, -0.2) is 4.79 Å². The number of ether oxygens (including phenoxy) is 1. The smallest absolute Gasteiger partial charge is 0.467 e. The molecule has 0 aliphatic carbocycles. The summed E-state index contributed by atoms with van der Waals surface area (Å²) < 4.78 is 15.8. The molecule has 0 spiro atoms. The van der Waals surface area contributed by atoms with Crippen molar-refractivity contribution in [3.8, 4) is 0 Å². The first-order chi connectivity index (χ1) is 19.0. The van der Waals surface area contributed by atoms with E-state index in [1.54, 1.807) is 14.2 Å². The van der Waals surface area contributed by atoms with Crippen LogP contribution in [-0.4, -0.2) is 46.4 Å². The first kappa shape index (κ1) is 27.8. The van der Waals surface area contributed by atoms with Crippen molar-refractivity contribution >= 4 is 24.5 Å². The van der Waals surface area contributed by atoms with Crippen LogP contribution in [0.1, 0.15) is 22.3 Å². The molecular formula is C32H32BNO5. The van der Waals surface area contributed by atoms with Crippen LogP contribution in [0.5, 0.6) is 0 Å². The van der Waals surface area contributed by atoms with Crippen LogP contribution in [0, 0.1) is 0 Å². The second-order valence-corrected chi connectivity index (χ2v) is 9.15. The van der Waals surface area contributed by atoms with Gasteiger partial charge in [0, 0.05) is 20.6 Å². The molecule has 0 unspecified atom stereocenters. The first-order valence-electron chi connectivity index (χ1n) is 12.7. The van der Waals surface area contributed by atoms with Crippen LogP contribution >= 0.6 is 0 Å². The molecule has 0 saturated carbocycles. The molecule has 4 rings (SSSR count). The maximum atomic E-state index is 14.6. The van der Waals surface area contributed by atoms with Crippen LogP contribution < -0.4 is 10.8 Å². The molecule has 6 nitrogen and oxygen atoms in total. The van der Waals surface area contributed by atoms with Crippen LogP contribution in [0.3, 0.4) is 0 Å². The van der Waals surface area contributed by atoms with Crippen molar-refractivity contribution in [3.63, 3.8) is 0 Å². The third-order valence-electron chi connectivity index (χ3n) is 6.87. The van der Waals surface area contributed by atoms with Gasteiger partial charge in [-0.15, -0.1) is 0 Å². The number of hydrogen-bond donors (Lipinski definition) is 1. The first-order valence-corrected chi connectivity index (χ1v) is 12.7. The molecule has 0 fully saturated rings. The zero-order valence-electron chi connectivity index (χ0n) is 22.4. The highest BCUT2D eigenvalue weighted by Gasteiger charge is 2.45. The Bertz CT molecular complexity index is 1250. The summed E-state index contributed by atoms with van der Waals surface area (Å²) >= 11 is 0. The Balaban J connectivity index is 1.76. The van der Waals surface area contributed by atoms with E-state index in [1.165, 1.54) is 7.11 Å². The van der Waals surface area contributed by atoms with Gasteiger partial charge in [0.25, 0.3) is 0 Å². The predicted octanol–water partition coefficient (Wildman–Crippen LogP) is 3.91. The van der Waals surface area contributed by atoms with E-state index in [1.807, 2.05) is 115 Å². The van der Waals surface area contributed by atoms with Gasteiger partial charge in [-0.3, -0.25) is 4.79 Å². The minimum atomic E-state index is -1.20. The minimum absolute atomic E-state index is 0.248. The molecule has 1 N–H and O–H groups in total. The SMILES string of the molecule is COB(OC)c1ccc(C[C@H](NC(=O)C(c2ccccc2)(c2ccccc2)c2ccccc2)C(=O)OC)cc1. The van der Waals surface area contributed by atoms with Crippen molar-refractivity contribution in [2.24, 2.45) is 0 Å². The summed E-state index contributed by atoms with van der Waals surface area (Å²) in [5.74, 6) is -0.848. The fraction of sp³-hybridized carbons (Fsp3) is 0.188. The molecule has 7 heteroatoms. The van der Waals surface area contributed by atoms with E-state index in [2.05, 4.69) is 5.32 Å². The summed E-state index contributed by atoms with van der Waals surface area (Å²) in [7, 11) is 3.98. The Morgan fingerprint density at radius 3 is 1.51 bits per heavy atom. The Morgan fingerprint density at radius 1 is 0.692 bits per heavy atom. The third kappa shape index (κ3) is 5.95. The summed E-state index contributed by atoms with van der Waals surface area (Å²) in [6, 6.07) is 35.5. The summed E-state index contributed by atoms with van der Waals surface area (Å²) in [6.07, 6.45) is 0.248. The lowest BCUT2D eigenvalue weighted by Gasteiger charge is -2.35. The van der Waals surface area contributed by atoms with Gasteiger partial charge in [-0.05, 0) is 27.7 Å². The number of amides is 1. The monoisotopic (exact) mass is 521 g/mol. The number of rotatable bonds is 11. The summed E-state index contributed by atoms with van der Waals surface area (Å²) in [5.41, 5.74) is 2.86. The van der Waals surface area contributed by atoms with E-state index in [-0.39, 0.29) is 12.3 Å². The predicted molar refractivity (Wildman–Crippen MR) is 153 cm³/mol. The lowest BCUT2D eigenvalue weighted by Crippen LogP contribution is -2.52. The van der Waals surface area contributed by atoms with Crippen molar-refractivity contribution in [2.75, 3.05) is 21.3 Å². The number of nitrogens with one attached hydrogen (secondary N) is 1. The molecule has 0 aliphatic heterocycles. The van der Waals surface area contributed by atoms with E-state index in [9.17, 15) is 9.59 Å². The number of benzene rings is 4. The lowest BCUT2D eigenvalue weighted by molar-refractivity contribution is -0.145. The van der Waals surface area contributed by atoms with Crippen LogP contribution in [-0.2, 0) is 35.5 Å². The molecular weight excluding hydrogens is 489 g/mol. The third-order valence-corrected chi connectivity index (χ3v) is 6.87. The molecule has 0 heterocycles. The number of hydrogen-bond acceptors (Lipinski definition) is 5. The molecule has 39 heavy (non-hydrogen) atoms. The molecule has 0 aromatic heterocycles. The average Bonchev–Trinajstić information content (AvgIpc) is 3.00. The van der Waals surface area contributed by atoms with Crippen molar-refractivity contribution in [2.45, 2.75) is 17.9 Å². The number of carbonyl (C=O) groups excluding carboxylic acids is 2. The van der Waals surface area contributed by atoms with Gasteiger partial charge >= 0.3 is 13.1 Å². The summed E-state index contributed by atoms with van der Waals surface area (Å²) in [4.78, 5) is 27.5. The Labute approximate surface area is 230 Å². The molecule has 0 radical (unpaired) electrons. The van der Waals surface area contributed by atoms with Crippen LogP contribution in [0.2, 0.25) is 0 Å². The summed E-state index contributed by atoms with van der Waals surface area (Å²) in [5, 5.41) is 3.05. The molecule has 0 bridgehead atoms. The maximum absolute atomic E-state index is 14.6. The Hall–Kier alpha value is -4.20. The fourth-order valence-corrected chi connectivity index (χ4v) is 4.97. The normalized spacial score (nSPS) is 11.9. The van der Waals surface area contributed by atoms with E-state index >= 15 is 0 Å². The number of esters is 1. The Morgan fingerprint density at radius 2 is 1.13 bits per heavy atom. The minimum Gasteiger partial charge on any atom is -0.467 e. The highest BCUT2D eigenvalue weighted by atomic mass is 16.6. The van der Waals surface area contributed by atoms with Crippen LogP contribution in [0.25, 0.3) is 0 Å². The Kier molecular flexibility index (Phi) is 9.31. The second-order valence-electron chi connectivity index (χ2n) is 9.15. The second kappa shape index (κ2) is 13.0. The fourth-order valence-electron chi connectivity index (χ4n) is 4.97. The number of carbonyl (C=O) groups is 2. The van der Waals surface area contributed by atoms with Crippen molar-refractivity contribution in [1.29, 1.82) is 0 Å². The lowest BCUT2D eigenvalue weighted by atomic mass is 9.68. The molecule has 0 saturated heterocycles. The largest absolute Gasteiger partial charge is 0.493 e. The number of methoxy groups -OCH3 is 1. The van der Waals surface area contributed by atoms with Gasteiger partial charge in [0.05, 0.1) is 7.11 Å². The van der Waals surface area contributed by atoms with Crippen LogP contribution in [0.4, 0.5) is 0 Å². The van der Waals surface area contributed by atoms with Crippen molar-refractivity contribution in [3.05, 3.63) is 138 Å². The topological polar surface area (TPSA) is 73.9 Å². The zero-order valence-corrected chi connectivity index (χ0v) is 22.4. The van der Waals surface area contributed by atoms with E-state index in [0.29, 0.717) is 0 Å². The van der Waals surface area contributed by atoms with Gasteiger partial charge in [0.1, 0.15) is 11.5 Å². The maximum Gasteiger partial charge on any atom is 0.493 e. The highest BCUT2D eigenvalue weighted by Crippen LogP contribution is 2.39. The molecule has 1 amide bonds. The van der Waals surface area contributed by atoms with Gasteiger partial charge in [0.2, 0.25) is 5.91 Å². The quantitative estimate of drug-likeness (QED) is 0.184. The van der Waals surface area contributed by atoms with Gasteiger partial charge < -0.3 is 19.4 Å². The van der Waals surface area contributed by atoms with Crippen molar-refractivity contribution < 1.29 is 23.6 Å². The molecule has 1 atom stereocenters. The molecule has 4 aromatic carbocycles. The van der Waals surface area contributed by atoms with E-state index < -0.39 is 24.5 Å². The van der Waals surface area contributed by atoms with Gasteiger partial charge in [0.15, 0.2) is 0 Å². The van der Waals surface area contributed by atoms with Crippen molar-refractivity contribution in [1.82, 2.24) is 5.32 Å². The molecule has 0 aliphatic rings. The summed E-state index contributed by atoms with van der Waals surface area (Å²) in [6.45, 7) is 0. The van der Waals surface area contributed by atoms with Gasteiger partial charge in [-0.2, -0.15) is 0 Å². The van der Waals surface area contributed by atoms with E-state index in [4.69, 9.17) is 14.0 Å². The zero-order chi connectivity index (χ0) is 27.7. The van der Waals surface area contributed by atoms with E-state index in [0.717, 1.165) is 27.7 Å². The molecule has 4 aromatic rings. The average molecular weight is 521 g/mol. The standard InChI is InChI=1S/C32H32BNO5/c1-37-30(35)29(23-24-19-21-28(22-20-24)33(38-2)39-3)34-31(36)32(25-13-7-4-8-14-25,26-15-9-5-10-16-26)27-17-11-6-12-18-27/h4-22,29H,23H2,1-3H3,(H,34,36)/t29-/m0/s1. The molecule has 198 valence electrons. The van der Waals surface area contributed by atoms with Crippen LogP contribution in [0.15, 0.2) is 115 Å². The van der Waals surface area contributed by atoms with Gasteiger partial charge in [-0.1, -0.05) is 115 Å². The highest BCUT2D eigenvalue weighted by molar-refractivity contribution is 6.61.